The van der Waals surface area contributed by atoms with Crippen LogP contribution in [0.25, 0.3) is 22.0 Å². The molecule has 0 radical (unpaired) electrons. The first kappa shape index (κ1) is 25.4. The van der Waals surface area contributed by atoms with Gasteiger partial charge in [-0.3, -0.25) is 4.79 Å². The number of nitrogens with zero attached hydrogens (tertiary/aromatic N) is 3. The highest BCUT2D eigenvalue weighted by molar-refractivity contribution is 5.94. The van der Waals surface area contributed by atoms with Crippen LogP contribution in [0.3, 0.4) is 0 Å². The van der Waals surface area contributed by atoms with Crippen LogP contribution in [-0.4, -0.2) is 39.8 Å². The molecule has 0 amide bonds. The number of carboxylic acid groups (broad SMARTS) is 1. The lowest BCUT2D eigenvalue weighted by molar-refractivity contribution is 0.0694. The lowest BCUT2D eigenvalue weighted by Gasteiger charge is -2.18. The number of benzene rings is 2. The van der Waals surface area contributed by atoms with Crippen LogP contribution in [0.4, 0.5) is 16.2 Å². The molecule has 0 saturated carbocycles. The molecule has 4 rings (SSSR count). The molecule has 10 nitrogen and oxygen atoms in total. The molecule has 4 aromatic rings. The number of aromatic carboxylic acids is 1. The smallest absolute Gasteiger partial charge is 0.341 e. The summed E-state index contributed by atoms with van der Waals surface area (Å²) in [6, 6.07) is 6.06. The average Bonchev–Trinajstić information content (AvgIpc) is 2.86. The number of anilines is 2. The number of methoxy groups -OCH3 is 2. The fraction of sp³-hybridized carbons (Fsp3) is 0.231. The molecule has 0 saturated heterocycles. The van der Waals surface area contributed by atoms with E-state index in [2.05, 4.69) is 9.97 Å². The first-order valence-corrected chi connectivity index (χ1v) is 11.4. The number of carboxylic acids is 1. The van der Waals surface area contributed by atoms with Crippen LogP contribution in [0.1, 0.15) is 34.8 Å². The summed E-state index contributed by atoms with van der Waals surface area (Å²) in [5, 5.41) is 9.45. The molecule has 192 valence electrons. The number of aryl methyl sites for hydroxylation is 1. The van der Waals surface area contributed by atoms with E-state index in [0.29, 0.717) is 47.3 Å². The maximum absolute atomic E-state index is 15.6. The standard InChI is InChI=1S/C26H26FN5O5/c1-4-5-32-12-18(25(34)35)22(33)17-9-19(27)15(10-20(17)32)16-7-13(8-21(36-2)23(16)37-3)6-14-11-30-26(29)31-24(14)28/h7-12H,4-6H2,1-3H3,(H,34,35)(H4,28,29,30,31). The molecular weight excluding hydrogens is 481 g/mol. The van der Waals surface area contributed by atoms with Crippen molar-refractivity contribution in [2.45, 2.75) is 26.3 Å². The van der Waals surface area contributed by atoms with Crippen molar-refractivity contribution in [3.05, 3.63) is 69.4 Å². The lowest BCUT2D eigenvalue weighted by Crippen LogP contribution is -2.19. The Kier molecular flexibility index (Phi) is 6.96. The van der Waals surface area contributed by atoms with Gasteiger partial charge in [0.15, 0.2) is 11.5 Å². The molecule has 0 spiro atoms. The third-order valence-corrected chi connectivity index (χ3v) is 6.00. The quantitative estimate of drug-likeness (QED) is 0.325. The zero-order valence-electron chi connectivity index (χ0n) is 20.5. The van der Waals surface area contributed by atoms with E-state index in [1.165, 1.54) is 32.7 Å². The molecule has 5 N–H and O–H groups in total. The van der Waals surface area contributed by atoms with Crippen LogP contribution in [0.15, 0.2) is 41.5 Å². The molecule has 2 heterocycles. The number of rotatable bonds is 8. The number of carbonyl (C=O) groups is 1. The minimum atomic E-state index is -1.37. The van der Waals surface area contributed by atoms with Crippen molar-refractivity contribution in [1.82, 2.24) is 14.5 Å². The summed E-state index contributed by atoms with van der Waals surface area (Å²) in [7, 11) is 2.91. The van der Waals surface area contributed by atoms with E-state index in [1.807, 2.05) is 6.92 Å². The van der Waals surface area contributed by atoms with Gasteiger partial charge in [0.05, 0.1) is 19.7 Å². The van der Waals surface area contributed by atoms with Gasteiger partial charge < -0.3 is 30.6 Å². The predicted octanol–water partition coefficient (Wildman–Crippen LogP) is 3.48. The zero-order valence-corrected chi connectivity index (χ0v) is 20.5. The maximum Gasteiger partial charge on any atom is 0.341 e. The number of halogens is 1. The van der Waals surface area contributed by atoms with Crippen LogP contribution in [-0.2, 0) is 13.0 Å². The Morgan fingerprint density at radius 3 is 2.51 bits per heavy atom. The van der Waals surface area contributed by atoms with E-state index in [1.54, 1.807) is 16.7 Å². The Morgan fingerprint density at radius 1 is 1.14 bits per heavy atom. The van der Waals surface area contributed by atoms with E-state index in [-0.39, 0.29) is 28.5 Å². The average molecular weight is 508 g/mol. The lowest BCUT2D eigenvalue weighted by atomic mass is 9.96. The number of aromatic nitrogens is 3. The third-order valence-electron chi connectivity index (χ3n) is 6.00. The highest BCUT2D eigenvalue weighted by Gasteiger charge is 2.22. The van der Waals surface area contributed by atoms with E-state index in [9.17, 15) is 14.7 Å². The van der Waals surface area contributed by atoms with Crippen molar-refractivity contribution in [3.8, 4) is 22.6 Å². The van der Waals surface area contributed by atoms with Crippen molar-refractivity contribution in [3.63, 3.8) is 0 Å². The number of hydrogen-bond acceptors (Lipinski definition) is 8. The van der Waals surface area contributed by atoms with Crippen LogP contribution >= 0.6 is 0 Å². The molecule has 11 heteroatoms. The van der Waals surface area contributed by atoms with Crippen molar-refractivity contribution in [2.75, 3.05) is 25.7 Å². The van der Waals surface area contributed by atoms with E-state index in [4.69, 9.17) is 20.9 Å². The Morgan fingerprint density at radius 2 is 1.89 bits per heavy atom. The van der Waals surface area contributed by atoms with Crippen LogP contribution in [0.5, 0.6) is 11.5 Å². The molecule has 37 heavy (non-hydrogen) atoms. The van der Waals surface area contributed by atoms with Crippen LogP contribution < -0.4 is 26.4 Å². The van der Waals surface area contributed by atoms with Crippen LogP contribution in [0.2, 0.25) is 0 Å². The second-order valence-electron chi connectivity index (χ2n) is 8.41. The van der Waals surface area contributed by atoms with Gasteiger partial charge in [-0.25, -0.2) is 14.2 Å². The molecule has 2 aromatic carbocycles. The van der Waals surface area contributed by atoms with E-state index >= 15 is 4.39 Å². The van der Waals surface area contributed by atoms with E-state index < -0.39 is 22.8 Å². The minimum absolute atomic E-state index is 0.0246. The monoisotopic (exact) mass is 507 g/mol. The third kappa shape index (κ3) is 4.75. The van der Waals surface area contributed by atoms with Crippen molar-refractivity contribution in [2.24, 2.45) is 0 Å². The number of pyridine rings is 1. The summed E-state index contributed by atoms with van der Waals surface area (Å²) in [4.78, 5) is 32.4. The molecule has 0 aliphatic rings. The highest BCUT2D eigenvalue weighted by Crippen LogP contribution is 2.41. The zero-order chi connectivity index (χ0) is 26.9. The van der Waals surface area contributed by atoms with Gasteiger partial charge in [-0.2, -0.15) is 4.98 Å². The van der Waals surface area contributed by atoms with Gasteiger partial charge in [0, 0.05) is 47.4 Å². The predicted molar refractivity (Wildman–Crippen MR) is 138 cm³/mol. The number of hydrogen-bond donors (Lipinski definition) is 3. The van der Waals surface area contributed by atoms with Gasteiger partial charge in [0.2, 0.25) is 11.4 Å². The van der Waals surface area contributed by atoms with Crippen molar-refractivity contribution in [1.29, 1.82) is 0 Å². The van der Waals surface area contributed by atoms with Gasteiger partial charge in [0.25, 0.3) is 0 Å². The molecule has 0 unspecified atom stereocenters. The van der Waals surface area contributed by atoms with E-state index in [0.717, 1.165) is 6.07 Å². The fourth-order valence-corrected chi connectivity index (χ4v) is 4.31. The summed E-state index contributed by atoms with van der Waals surface area (Å²) in [5.74, 6) is -1.17. The van der Waals surface area contributed by atoms with Gasteiger partial charge in [-0.05, 0) is 36.2 Å². The Bertz CT molecular complexity index is 1580. The summed E-state index contributed by atoms with van der Waals surface area (Å²) in [6.45, 7) is 2.35. The SMILES string of the molecule is CCCn1cc(C(=O)O)c(=O)c2cc(F)c(-c3cc(Cc4cnc(N)nc4N)cc(OC)c3OC)cc21. The van der Waals surface area contributed by atoms with Crippen LogP contribution in [0, 0.1) is 5.82 Å². The van der Waals surface area contributed by atoms with Gasteiger partial charge in [-0.15, -0.1) is 0 Å². The summed E-state index contributed by atoms with van der Waals surface area (Å²) < 4.78 is 28.4. The minimum Gasteiger partial charge on any atom is -0.493 e. The summed E-state index contributed by atoms with van der Waals surface area (Å²) >= 11 is 0. The number of ether oxygens (including phenoxy) is 2. The van der Waals surface area contributed by atoms with Crippen molar-refractivity contribution >= 4 is 28.6 Å². The van der Waals surface area contributed by atoms with Gasteiger partial charge in [-0.1, -0.05) is 6.92 Å². The number of fused-ring (bicyclic) bond motifs is 1. The molecule has 0 fully saturated rings. The normalized spacial score (nSPS) is 11.0. The maximum atomic E-state index is 15.6. The first-order chi connectivity index (χ1) is 17.7. The second kappa shape index (κ2) is 10.1. The Labute approximate surface area is 211 Å². The molecule has 0 aliphatic carbocycles. The highest BCUT2D eigenvalue weighted by atomic mass is 19.1. The fourth-order valence-electron chi connectivity index (χ4n) is 4.31. The summed E-state index contributed by atoms with van der Waals surface area (Å²) in [5.41, 5.74) is 12.7. The first-order valence-electron chi connectivity index (χ1n) is 11.4. The molecular formula is C26H26FN5O5. The second-order valence-corrected chi connectivity index (χ2v) is 8.41. The van der Waals surface area contributed by atoms with Gasteiger partial charge in [0.1, 0.15) is 17.2 Å². The number of nitrogens with two attached hydrogens (primary N) is 2. The topological polar surface area (TPSA) is 156 Å². The molecule has 2 aromatic heterocycles. The largest absolute Gasteiger partial charge is 0.493 e. The molecule has 0 aliphatic heterocycles. The molecule has 0 bridgehead atoms. The Hall–Kier alpha value is -4.67. The van der Waals surface area contributed by atoms with Crippen molar-refractivity contribution < 1.29 is 23.8 Å². The summed E-state index contributed by atoms with van der Waals surface area (Å²) in [6.07, 6.45) is 3.78. The number of nitrogen functional groups attached to an aromatic ring is 2. The Balaban J connectivity index is 1.97. The molecule has 0 atom stereocenters. The van der Waals surface area contributed by atoms with Gasteiger partial charge >= 0.3 is 5.97 Å².